The van der Waals surface area contributed by atoms with Gasteiger partial charge in [-0.3, -0.25) is 9.67 Å². The van der Waals surface area contributed by atoms with Crippen LogP contribution in [0.25, 0.3) is 0 Å². The van der Waals surface area contributed by atoms with Gasteiger partial charge in [0.05, 0.1) is 12.6 Å². The Morgan fingerprint density at radius 2 is 1.96 bits per heavy atom. The highest BCUT2D eigenvalue weighted by atomic mass is 127. The molecule has 0 aliphatic heterocycles. The molecule has 0 unspecified atom stereocenters. The van der Waals surface area contributed by atoms with Crippen molar-refractivity contribution in [2.24, 2.45) is 12.0 Å². The normalized spacial score (nSPS) is 14.7. The lowest BCUT2D eigenvalue weighted by Gasteiger charge is -2.14. The molecule has 1 aliphatic rings. The number of guanidine groups is 1. The van der Waals surface area contributed by atoms with E-state index in [1.54, 1.807) is 18.1 Å². The van der Waals surface area contributed by atoms with Crippen LogP contribution in [-0.2, 0) is 20.0 Å². The fraction of sp³-hybridized carbons (Fsp3) is 0.526. The van der Waals surface area contributed by atoms with Crippen LogP contribution in [0.1, 0.15) is 37.1 Å². The second kappa shape index (κ2) is 11.1. The van der Waals surface area contributed by atoms with E-state index in [9.17, 15) is 0 Å². The van der Waals surface area contributed by atoms with Crippen LogP contribution in [-0.4, -0.2) is 40.4 Å². The third-order valence-corrected chi connectivity index (χ3v) is 4.68. The number of nitrogens with one attached hydrogen (secondary N) is 2. The molecular weight excluding hydrogens is 455 g/mol. The summed E-state index contributed by atoms with van der Waals surface area (Å²) in [6.07, 6.45) is 7.84. The molecule has 0 saturated heterocycles. The van der Waals surface area contributed by atoms with E-state index in [0.717, 1.165) is 30.5 Å². The standard InChI is InChI=1S/C19H28N6O.HI/c1-20-19(22-13-18-23-14-24-25(18)2)21-12-11-15-7-9-17(10-8-15)26-16-5-3-4-6-16;/h7-10,14,16H,3-6,11-13H2,1-2H3,(H2,20,21,22);1H. The van der Waals surface area contributed by atoms with E-state index < -0.39 is 0 Å². The van der Waals surface area contributed by atoms with E-state index >= 15 is 0 Å². The van der Waals surface area contributed by atoms with Crippen LogP contribution in [0, 0.1) is 0 Å². The zero-order valence-corrected chi connectivity index (χ0v) is 18.3. The van der Waals surface area contributed by atoms with Gasteiger partial charge in [0.25, 0.3) is 0 Å². The topological polar surface area (TPSA) is 76.4 Å². The molecule has 1 saturated carbocycles. The zero-order valence-electron chi connectivity index (χ0n) is 16.0. The van der Waals surface area contributed by atoms with Crippen LogP contribution >= 0.6 is 24.0 Å². The maximum atomic E-state index is 6.01. The van der Waals surface area contributed by atoms with Crippen molar-refractivity contribution < 1.29 is 4.74 Å². The van der Waals surface area contributed by atoms with Crippen molar-refractivity contribution in [2.75, 3.05) is 13.6 Å². The number of ether oxygens (including phenoxy) is 1. The zero-order chi connectivity index (χ0) is 18.2. The van der Waals surface area contributed by atoms with Gasteiger partial charge in [0, 0.05) is 20.6 Å². The molecule has 2 aromatic rings. The molecule has 27 heavy (non-hydrogen) atoms. The summed E-state index contributed by atoms with van der Waals surface area (Å²) in [6, 6.07) is 8.44. The minimum Gasteiger partial charge on any atom is -0.490 e. The summed E-state index contributed by atoms with van der Waals surface area (Å²) in [7, 11) is 3.64. The van der Waals surface area contributed by atoms with Gasteiger partial charge in [-0.15, -0.1) is 24.0 Å². The van der Waals surface area contributed by atoms with Gasteiger partial charge >= 0.3 is 0 Å². The molecule has 1 fully saturated rings. The number of aryl methyl sites for hydroxylation is 1. The number of aliphatic imine (C=N–C) groups is 1. The van der Waals surface area contributed by atoms with Gasteiger partial charge in [-0.2, -0.15) is 5.10 Å². The average Bonchev–Trinajstić information content (AvgIpc) is 3.31. The lowest BCUT2D eigenvalue weighted by Crippen LogP contribution is -2.38. The van der Waals surface area contributed by atoms with Crippen molar-refractivity contribution in [3.8, 4) is 5.75 Å². The molecule has 1 aromatic heterocycles. The molecule has 2 N–H and O–H groups in total. The van der Waals surface area contributed by atoms with Gasteiger partial charge in [0.1, 0.15) is 17.9 Å². The lowest BCUT2D eigenvalue weighted by molar-refractivity contribution is 0.210. The molecule has 7 nitrogen and oxygen atoms in total. The maximum Gasteiger partial charge on any atom is 0.191 e. The minimum atomic E-state index is 0. The summed E-state index contributed by atoms with van der Waals surface area (Å²) >= 11 is 0. The Kier molecular flexibility index (Phi) is 8.83. The maximum absolute atomic E-state index is 6.01. The van der Waals surface area contributed by atoms with Gasteiger partial charge < -0.3 is 15.4 Å². The summed E-state index contributed by atoms with van der Waals surface area (Å²) < 4.78 is 7.76. The second-order valence-corrected chi connectivity index (χ2v) is 6.57. The summed E-state index contributed by atoms with van der Waals surface area (Å²) in [5, 5.41) is 10.6. The van der Waals surface area contributed by atoms with Crippen molar-refractivity contribution in [1.29, 1.82) is 0 Å². The average molecular weight is 484 g/mol. The third kappa shape index (κ3) is 6.67. The van der Waals surface area contributed by atoms with Crippen molar-refractivity contribution in [3.63, 3.8) is 0 Å². The molecular formula is C19H29IN6O. The van der Waals surface area contributed by atoms with Crippen molar-refractivity contribution >= 4 is 29.9 Å². The van der Waals surface area contributed by atoms with E-state index in [-0.39, 0.29) is 24.0 Å². The molecule has 0 spiro atoms. The molecule has 1 aromatic carbocycles. The monoisotopic (exact) mass is 484 g/mol. The first kappa shape index (κ1) is 21.5. The Balaban J connectivity index is 0.00000261. The Bertz CT molecular complexity index is 709. The van der Waals surface area contributed by atoms with Crippen LogP contribution in [0.2, 0.25) is 0 Å². The van der Waals surface area contributed by atoms with E-state index in [2.05, 4.69) is 50.0 Å². The number of aromatic nitrogens is 3. The molecule has 0 bridgehead atoms. The highest BCUT2D eigenvalue weighted by molar-refractivity contribution is 14.0. The van der Waals surface area contributed by atoms with Crippen LogP contribution in [0.5, 0.6) is 5.75 Å². The second-order valence-electron chi connectivity index (χ2n) is 6.57. The molecule has 3 rings (SSSR count). The highest BCUT2D eigenvalue weighted by Gasteiger charge is 2.16. The molecule has 148 valence electrons. The van der Waals surface area contributed by atoms with E-state index in [4.69, 9.17) is 4.74 Å². The Morgan fingerprint density at radius 1 is 1.22 bits per heavy atom. The van der Waals surface area contributed by atoms with Crippen molar-refractivity contribution in [1.82, 2.24) is 25.4 Å². The Morgan fingerprint density at radius 3 is 2.59 bits per heavy atom. The molecule has 0 amide bonds. The number of nitrogens with zero attached hydrogens (tertiary/aromatic N) is 4. The molecule has 0 atom stereocenters. The molecule has 1 heterocycles. The SMILES string of the molecule is CN=C(NCCc1ccc(OC2CCCC2)cc1)NCc1ncnn1C.I. The van der Waals surface area contributed by atoms with E-state index in [1.807, 2.05) is 7.05 Å². The fourth-order valence-electron chi connectivity index (χ4n) is 3.12. The fourth-order valence-corrected chi connectivity index (χ4v) is 3.12. The first-order chi connectivity index (χ1) is 12.7. The summed E-state index contributed by atoms with van der Waals surface area (Å²) in [5.41, 5.74) is 1.28. The number of rotatable bonds is 7. The first-order valence-electron chi connectivity index (χ1n) is 9.27. The summed E-state index contributed by atoms with van der Waals surface area (Å²) in [4.78, 5) is 8.43. The quantitative estimate of drug-likeness (QED) is 0.359. The van der Waals surface area contributed by atoms with Crippen LogP contribution in [0.15, 0.2) is 35.6 Å². The Labute approximate surface area is 178 Å². The van der Waals surface area contributed by atoms with Crippen LogP contribution < -0.4 is 15.4 Å². The van der Waals surface area contributed by atoms with Crippen molar-refractivity contribution in [2.45, 2.75) is 44.8 Å². The largest absolute Gasteiger partial charge is 0.490 e. The summed E-state index contributed by atoms with van der Waals surface area (Å²) in [5.74, 6) is 2.61. The highest BCUT2D eigenvalue weighted by Crippen LogP contribution is 2.24. The van der Waals surface area contributed by atoms with E-state index in [1.165, 1.54) is 31.2 Å². The number of benzene rings is 1. The number of halogens is 1. The molecule has 8 heteroatoms. The summed E-state index contributed by atoms with van der Waals surface area (Å²) in [6.45, 7) is 1.39. The van der Waals surface area contributed by atoms with Gasteiger partial charge in [-0.1, -0.05) is 12.1 Å². The van der Waals surface area contributed by atoms with Gasteiger partial charge in [-0.25, -0.2) is 4.98 Å². The smallest absolute Gasteiger partial charge is 0.191 e. The number of hydrogen-bond donors (Lipinski definition) is 2. The van der Waals surface area contributed by atoms with E-state index in [0.29, 0.717) is 12.6 Å². The predicted molar refractivity (Wildman–Crippen MR) is 118 cm³/mol. The van der Waals surface area contributed by atoms with Gasteiger partial charge in [0.15, 0.2) is 5.96 Å². The Hall–Kier alpha value is -1.84. The first-order valence-corrected chi connectivity index (χ1v) is 9.27. The minimum absolute atomic E-state index is 0. The lowest BCUT2D eigenvalue weighted by atomic mass is 10.1. The third-order valence-electron chi connectivity index (χ3n) is 4.68. The van der Waals surface area contributed by atoms with Crippen molar-refractivity contribution in [3.05, 3.63) is 42.0 Å². The molecule has 1 aliphatic carbocycles. The van der Waals surface area contributed by atoms with Crippen LogP contribution in [0.4, 0.5) is 0 Å². The number of hydrogen-bond acceptors (Lipinski definition) is 4. The van der Waals surface area contributed by atoms with Crippen LogP contribution in [0.3, 0.4) is 0 Å². The molecule has 0 radical (unpaired) electrons. The predicted octanol–water partition coefficient (Wildman–Crippen LogP) is 2.66. The van der Waals surface area contributed by atoms with Gasteiger partial charge in [0.2, 0.25) is 0 Å². The van der Waals surface area contributed by atoms with Gasteiger partial charge in [-0.05, 0) is 49.8 Å².